The number of para-hydroxylation sites is 1. The van der Waals surface area contributed by atoms with E-state index in [2.05, 4.69) is 10.3 Å². The average Bonchev–Trinajstić information content (AvgIpc) is 2.56. The van der Waals surface area contributed by atoms with Crippen LogP contribution in [-0.4, -0.2) is 28.6 Å². The molecule has 1 aromatic carbocycles. The molecule has 6 heteroatoms. The quantitative estimate of drug-likeness (QED) is 0.917. The SMILES string of the molecule is Cc1cc(C)n(CCNC(=O)[C@@H]2COc3ccccc3C2)c(=O)n1. The summed E-state index contributed by atoms with van der Waals surface area (Å²) < 4.78 is 7.22. The summed E-state index contributed by atoms with van der Waals surface area (Å²) in [6.45, 7) is 4.84. The first-order valence-corrected chi connectivity index (χ1v) is 8.08. The van der Waals surface area contributed by atoms with Crippen molar-refractivity contribution >= 4 is 5.91 Å². The highest BCUT2D eigenvalue weighted by Gasteiger charge is 2.25. The Kier molecular flexibility index (Phi) is 4.64. The van der Waals surface area contributed by atoms with Gasteiger partial charge in [-0.3, -0.25) is 9.36 Å². The van der Waals surface area contributed by atoms with Crippen LogP contribution in [0.15, 0.2) is 35.1 Å². The van der Waals surface area contributed by atoms with Crippen molar-refractivity contribution in [2.45, 2.75) is 26.8 Å². The van der Waals surface area contributed by atoms with E-state index in [9.17, 15) is 9.59 Å². The standard InChI is InChI=1S/C18H21N3O3/c1-12-9-13(2)21(18(23)20-12)8-7-19-17(22)15-10-14-5-3-4-6-16(14)24-11-15/h3-6,9,15H,7-8,10-11H2,1-2H3,(H,19,22)/t15-/m0/s1. The molecule has 2 heterocycles. The second-order valence-corrected chi connectivity index (χ2v) is 6.08. The van der Waals surface area contributed by atoms with Gasteiger partial charge in [-0.1, -0.05) is 18.2 Å². The maximum atomic E-state index is 12.3. The minimum atomic E-state index is -0.281. The molecule has 24 heavy (non-hydrogen) atoms. The lowest BCUT2D eigenvalue weighted by molar-refractivity contribution is -0.126. The van der Waals surface area contributed by atoms with Gasteiger partial charge in [0.15, 0.2) is 0 Å². The molecule has 1 aliphatic heterocycles. The normalized spacial score (nSPS) is 16.2. The van der Waals surface area contributed by atoms with Gasteiger partial charge in [0.05, 0.1) is 5.92 Å². The second kappa shape index (κ2) is 6.86. The molecular formula is C18H21N3O3. The van der Waals surface area contributed by atoms with E-state index >= 15 is 0 Å². The van der Waals surface area contributed by atoms with Crippen LogP contribution < -0.4 is 15.7 Å². The van der Waals surface area contributed by atoms with Crippen molar-refractivity contribution in [3.63, 3.8) is 0 Å². The number of nitrogens with zero attached hydrogens (tertiary/aromatic N) is 2. The smallest absolute Gasteiger partial charge is 0.348 e. The van der Waals surface area contributed by atoms with Crippen molar-refractivity contribution < 1.29 is 9.53 Å². The monoisotopic (exact) mass is 327 g/mol. The van der Waals surface area contributed by atoms with Gasteiger partial charge in [0.1, 0.15) is 12.4 Å². The largest absolute Gasteiger partial charge is 0.492 e. The molecule has 0 spiro atoms. The Bertz CT molecular complexity index is 813. The number of rotatable bonds is 4. The Morgan fingerprint density at radius 3 is 2.96 bits per heavy atom. The molecule has 1 amide bonds. The summed E-state index contributed by atoms with van der Waals surface area (Å²) in [6, 6.07) is 9.63. The molecule has 0 saturated heterocycles. The van der Waals surface area contributed by atoms with Gasteiger partial charge in [0.25, 0.3) is 0 Å². The molecule has 3 rings (SSSR count). The number of amides is 1. The molecular weight excluding hydrogens is 306 g/mol. The number of aromatic nitrogens is 2. The van der Waals surface area contributed by atoms with E-state index in [0.717, 1.165) is 17.0 Å². The first-order chi connectivity index (χ1) is 11.5. The Labute approximate surface area is 140 Å². The van der Waals surface area contributed by atoms with E-state index < -0.39 is 0 Å². The van der Waals surface area contributed by atoms with Crippen LogP contribution in [0.5, 0.6) is 5.75 Å². The number of hydrogen-bond donors (Lipinski definition) is 1. The zero-order valence-corrected chi connectivity index (χ0v) is 13.9. The molecule has 0 fully saturated rings. The Hall–Kier alpha value is -2.63. The zero-order valence-electron chi connectivity index (χ0n) is 13.9. The first kappa shape index (κ1) is 16.2. The van der Waals surface area contributed by atoms with Crippen LogP contribution in [0, 0.1) is 19.8 Å². The van der Waals surface area contributed by atoms with Gasteiger partial charge in [-0.05, 0) is 38.0 Å². The lowest BCUT2D eigenvalue weighted by Gasteiger charge is -2.24. The van der Waals surface area contributed by atoms with Crippen LogP contribution in [0.2, 0.25) is 0 Å². The second-order valence-electron chi connectivity index (χ2n) is 6.08. The van der Waals surface area contributed by atoms with E-state index in [1.54, 1.807) is 11.5 Å². The molecule has 1 N–H and O–H groups in total. The van der Waals surface area contributed by atoms with Crippen molar-refractivity contribution in [2.24, 2.45) is 5.92 Å². The number of aryl methyl sites for hydroxylation is 2. The minimum absolute atomic E-state index is 0.0460. The molecule has 1 aliphatic rings. The zero-order chi connectivity index (χ0) is 17.1. The van der Waals surface area contributed by atoms with Crippen LogP contribution >= 0.6 is 0 Å². The van der Waals surface area contributed by atoms with Gasteiger partial charge in [-0.15, -0.1) is 0 Å². The molecule has 6 nitrogen and oxygen atoms in total. The maximum Gasteiger partial charge on any atom is 0.348 e. The molecule has 126 valence electrons. The highest BCUT2D eigenvalue weighted by atomic mass is 16.5. The van der Waals surface area contributed by atoms with E-state index in [4.69, 9.17) is 4.74 Å². The van der Waals surface area contributed by atoms with Gasteiger partial charge in [0.2, 0.25) is 5.91 Å². The van der Waals surface area contributed by atoms with Gasteiger partial charge in [-0.2, -0.15) is 4.98 Å². The van der Waals surface area contributed by atoms with Gasteiger partial charge in [0, 0.05) is 24.5 Å². The number of carbonyl (C=O) groups is 1. The molecule has 0 radical (unpaired) electrons. The molecule has 0 bridgehead atoms. The summed E-state index contributed by atoms with van der Waals surface area (Å²) >= 11 is 0. The van der Waals surface area contributed by atoms with Crippen LogP contribution in [0.25, 0.3) is 0 Å². The van der Waals surface area contributed by atoms with Crippen molar-refractivity contribution in [1.29, 1.82) is 0 Å². The maximum absolute atomic E-state index is 12.3. The van der Waals surface area contributed by atoms with E-state index in [-0.39, 0.29) is 17.5 Å². The predicted octanol–water partition coefficient (Wildman–Crippen LogP) is 1.23. The Morgan fingerprint density at radius 1 is 1.38 bits per heavy atom. The van der Waals surface area contributed by atoms with Crippen molar-refractivity contribution in [3.05, 3.63) is 57.8 Å². The number of benzene rings is 1. The highest BCUT2D eigenvalue weighted by molar-refractivity contribution is 5.79. The van der Waals surface area contributed by atoms with Gasteiger partial charge >= 0.3 is 5.69 Å². The number of ether oxygens (including phenoxy) is 1. The van der Waals surface area contributed by atoms with Crippen LogP contribution in [0.3, 0.4) is 0 Å². The molecule has 0 unspecified atom stereocenters. The van der Waals surface area contributed by atoms with Gasteiger partial charge < -0.3 is 10.1 Å². The summed E-state index contributed by atoms with van der Waals surface area (Å²) in [5, 5.41) is 2.89. The molecule has 0 aliphatic carbocycles. The number of carbonyl (C=O) groups excluding carboxylic acids is 1. The highest BCUT2D eigenvalue weighted by Crippen LogP contribution is 2.26. The third kappa shape index (κ3) is 3.48. The Morgan fingerprint density at radius 2 is 2.17 bits per heavy atom. The molecule has 1 atom stereocenters. The summed E-state index contributed by atoms with van der Waals surface area (Å²) in [7, 11) is 0. The van der Waals surface area contributed by atoms with Gasteiger partial charge in [-0.25, -0.2) is 4.79 Å². The van der Waals surface area contributed by atoms with Crippen molar-refractivity contribution in [3.8, 4) is 5.75 Å². The fraction of sp³-hybridized carbons (Fsp3) is 0.389. The lowest BCUT2D eigenvalue weighted by atomic mass is 9.96. The molecule has 0 saturated carbocycles. The molecule has 1 aromatic heterocycles. The van der Waals surface area contributed by atoms with Crippen molar-refractivity contribution in [1.82, 2.24) is 14.9 Å². The molecule has 2 aromatic rings. The summed E-state index contributed by atoms with van der Waals surface area (Å²) in [6.07, 6.45) is 0.674. The van der Waals surface area contributed by atoms with Crippen LogP contribution in [0.4, 0.5) is 0 Å². The third-order valence-corrected chi connectivity index (χ3v) is 4.23. The Balaban J connectivity index is 1.56. The summed E-state index contributed by atoms with van der Waals surface area (Å²) in [4.78, 5) is 28.1. The van der Waals surface area contributed by atoms with Crippen LogP contribution in [0.1, 0.15) is 17.0 Å². The first-order valence-electron chi connectivity index (χ1n) is 8.08. The predicted molar refractivity (Wildman–Crippen MR) is 90.1 cm³/mol. The summed E-state index contributed by atoms with van der Waals surface area (Å²) in [5.41, 5.74) is 2.32. The van der Waals surface area contributed by atoms with Crippen LogP contribution in [-0.2, 0) is 17.8 Å². The minimum Gasteiger partial charge on any atom is -0.492 e. The fourth-order valence-corrected chi connectivity index (χ4v) is 2.98. The average molecular weight is 327 g/mol. The van der Waals surface area contributed by atoms with Crippen molar-refractivity contribution in [2.75, 3.05) is 13.2 Å². The number of nitrogens with one attached hydrogen (secondary N) is 1. The number of fused-ring (bicyclic) bond motifs is 1. The number of hydrogen-bond acceptors (Lipinski definition) is 4. The third-order valence-electron chi connectivity index (χ3n) is 4.23. The van der Waals surface area contributed by atoms with E-state index in [1.165, 1.54) is 0 Å². The summed E-state index contributed by atoms with van der Waals surface area (Å²) in [5.74, 6) is 0.610. The lowest BCUT2D eigenvalue weighted by Crippen LogP contribution is -2.39. The van der Waals surface area contributed by atoms with E-state index in [0.29, 0.717) is 31.8 Å². The van der Waals surface area contributed by atoms with E-state index in [1.807, 2.05) is 37.3 Å². The topological polar surface area (TPSA) is 73.2 Å². The fourth-order valence-electron chi connectivity index (χ4n) is 2.98.